The summed E-state index contributed by atoms with van der Waals surface area (Å²) < 4.78 is 1.01. The van der Waals surface area contributed by atoms with E-state index in [1.165, 1.54) is 0 Å². The van der Waals surface area contributed by atoms with E-state index >= 15 is 0 Å². The van der Waals surface area contributed by atoms with Gasteiger partial charge in [0.15, 0.2) is 0 Å². The number of carbonyl (C=O) groups is 1. The molecule has 0 aliphatic rings. The number of carbonyl (C=O) groups excluding carboxylic acids is 1. The first-order chi connectivity index (χ1) is 9.70. The number of hydrogen-bond donors (Lipinski definition) is 1. The number of benzene rings is 2. The molecule has 0 aromatic heterocycles. The standard InChI is InChI=1S/C14H13BrN4O/c15-13-5-4-10-8-12(3-2-11(10)9-13)14(20)17-6-1-7-18-19-16/h2-5,8-9H,1,6-7H2,(H,17,20). The summed E-state index contributed by atoms with van der Waals surface area (Å²) in [6.45, 7) is 0.888. The van der Waals surface area contributed by atoms with Gasteiger partial charge in [-0.1, -0.05) is 33.2 Å². The van der Waals surface area contributed by atoms with Crippen molar-refractivity contribution in [3.05, 3.63) is 56.9 Å². The Balaban J connectivity index is 2.03. The SMILES string of the molecule is [N-]=[N+]=NCCCNC(=O)c1ccc2cc(Br)ccc2c1. The number of azide groups is 1. The molecule has 0 fully saturated rings. The molecule has 1 N–H and O–H groups in total. The van der Waals surface area contributed by atoms with Gasteiger partial charge in [-0.25, -0.2) is 0 Å². The van der Waals surface area contributed by atoms with Crippen LogP contribution in [0, 0.1) is 0 Å². The topological polar surface area (TPSA) is 77.9 Å². The van der Waals surface area contributed by atoms with Gasteiger partial charge in [0.1, 0.15) is 0 Å². The number of nitrogens with one attached hydrogen (secondary N) is 1. The Morgan fingerprint density at radius 1 is 1.25 bits per heavy atom. The van der Waals surface area contributed by atoms with E-state index in [4.69, 9.17) is 5.53 Å². The van der Waals surface area contributed by atoms with Gasteiger partial charge in [0.25, 0.3) is 5.91 Å². The van der Waals surface area contributed by atoms with E-state index in [1.807, 2.05) is 30.3 Å². The third-order valence-corrected chi connectivity index (χ3v) is 3.34. The molecule has 0 saturated heterocycles. The Kier molecular flexibility index (Phi) is 4.98. The van der Waals surface area contributed by atoms with Crippen LogP contribution in [0.4, 0.5) is 0 Å². The molecule has 0 aliphatic carbocycles. The minimum absolute atomic E-state index is 0.115. The molecule has 0 saturated carbocycles. The molecule has 0 heterocycles. The smallest absolute Gasteiger partial charge is 0.251 e. The molecule has 6 heteroatoms. The molecule has 2 aromatic carbocycles. The van der Waals surface area contributed by atoms with Crippen molar-refractivity contribution in [1.82, 2.24) is 5.32 Å². The fraction of sp³-hybridized carbons (Fsp3) is 0.214. The molecule has 0 atom stereocenters. The van der Waals surface area contributed by atoms with Crippen molar-refractivity contribution in [1.29, 1.82) is 0 Å². The number of fused-ring (bicyclic) bond motifs is 1. The third kappa shape index (κ3) is 3.73. The van der Waals surface area contributed by atoms with E-state index in [-0.39, 0.29) is 5.91 Å². The first-order valence-electron chi connectivity index (χ1n) is 6.19. The van der Waals surface area contributed by atoms with E-state index in [1.54, 1.807) is 6.07 Å². The van der Waals surface area contributed by atoms with Crippen LogP contribution in [0.25, 0.3) is 21.2 Å². The summed E-state index contributed by atoms with van der Waals surface area (Å²) in [5, 5.41) is 8.32. The number of hydrogen-bond acceptors (Lipinski definition) is 2. The summed E-state index contributed by atoms with van der Waals surface area (Å²) >= 11 is 3.42. The molecule has 102 valence electrons. The van der Waals surface area contributed by atoms with Gasteiger partial charge in [0.2, 0.25) is 0 Å². The third-order valence-electron chi connectivity index (χ3n) is 2.85. The zero-order chi connectivity index (χ0) is 14.4. The molecule has 0 spiro atoms. The number of nitrogens with zero attached hydrogens (tertiary/aromatic N) is 3. The summed E-state index contributed by atoms with van der Waals surface area (Å²) in [6, 6.07) is 11.5. The van der Waals surface area contributed by atoms with Crippen LogP contribution in [-0.2, 0) is 0 Å². The van der Waals surface area contributed by atoms with Crippen LogP contribution in [0.15, 0.2) is 46.0 Å². The molecule has 5 nitrogen and oxygen atoms in total. The van der Waals surface area contributed by atoms with Crippen LogP contribution >= 0.6 is 15.9 Å². The molecule has 0 bridgehead atoms. The van der Waals surface area contributed by atoms with Gasteiger partial charge in [-0.2, -0.15) is 0 Å². The number of rotatable bonds is 5. The monoisotopic (exact) mass is 332 g/mol. The average Bonchev–Trinajstić information content (AvgIpc) is 2.46. The maximum absolute atomic E-state index is 12.0. The lowest BCUT2D eigenvalue weighted by atomic mass is 10.1. The van der Waals surface area contributed by atoms with Crippen LogP contribution < -0.4 is 5.32 Å². The van der Waals surface area contributed by atoms with E-state index in [2.05, 4.69) is 31.3 Å². The van der Waals surface area contributed by atoms with E-state index in [9.17, 15) is 4.79 Å². The van der Waals surface area contributed by atoms with Gasteiger partial charge in [0.05, 0.1) is 0 Å². The fourth-order valence-corrected chi connectivity index (χ4v) is 2.24. The Morgan fingerprint density at radius 3 is 2.80 bits per heavy atom. The van der Waals surface area contributed by atoms with Gasteiger partial charge in [-0.05, 0) is 47.0 Å². The van der Waals surface area contributed by atoms with Crippen LogP contribution in [0.5, 0.6) is 0 Å². The van der Waals surface area contributed by atoms with Crippen molar-refractivity contribution in [2.75, 3.05) is 13.1 Å². The lowest BCUT2D eigenvalue weighted by Gasteiger charge is -2.06. The van der Waals surface area contributed by atoms with Crippen molar-refractivity contribution in [2.24, 2.45) is 5.11 Å². The highest BCUT2D eigenvalue weighted by molar-refractivity contribution is 9.10. The van der Waals surface area contributed by atoms with E-state index in [0.717, 1.165) is 15.2 Å². The van der Waals surface area contributed by atoms with E-state index < -0.39 is 0 Å². The molecule has 20 heavy (non-hydrogen) atoms. The number of amides is 1. The molecular weight excluding hydrogens is 320 g/mol. The molecule has 0 radical (unpaired) electrons. The van der Waals surface area contributed by atoms with Crippen molar-refractivity contribution in [3.8, 4) is 0 Å². The van der Waals surface area contributed by atoms with Crippen LogP contribution in [0.3, 0.4) is 0 Å². The molecule has 2 aromatic rings. The minimum atomic E-state index is -0.115. The summed E-state index contributed by atoms with van der Waals surface area (Å²) in [4.78, 5) is 14.6. The summed E-state index contributed by atoms with van der Waals surface area (Å²) in [6.07, 6.45) is 0.635. The predicted molar refractivity (Wildman–Crippen MR) is 82.6 cm³/mol. The van der Waals surface area contributed by atoms with Gasteiger partial charge in [0, 0.05) is 28.0 Å². The fourth-order valence-electron chi connectivity index (χ4n) is 1.86. The zero-order valence-electron chi connectivity index (χ0n) is 10.7. The summed E-state index contributed by atoms with van der Waals surface area (Å²) in [5.41, 5.74) is 8.77. The quantitative estimate of drug-likeness (QED) is 0.381. The largest absolute Gasteiger partial charge is 0.352 e. The van der Waals surface area contributed by atoms with Crippen LogP contribution in [-0.4, -0.2) is 19.0 Å². The Bertz CT molecular complexity index is 680. The lowest BCUT2D eigenvalue weighted by Crippen LogP contribution is -2.24. The maximum Gasteiger partial charge on any atom is 0.251 e. The average molecular weight is 333 g/mol. The van der Waals surface area contributed by atoms with Crippen LogP contribution in [0.2, 0.25) is 0 Å². The molecule has 1 amide bonds. The second kappa shape index (κ2) is 6.93. The maximum atomic E-state index is 12.0. The molecular formula is C14H13BrN4O. The Hall–Kier alpha value is -2.04. The highest BCUT2D eigenvalue weighted by Gasteiger charge is 2.05. The van der Waals surface area contributed by atoms with Crippen molar-refractivity contribution in [3.63, 3.8) is 0 Å². The van der Waals surface area contributed by atoms with Crippen molar-refractivity contribution in [2.45, 2.75) is 6.42 Å². The first kappa shape index (κ1) is 14.4. The highest BCUT2D eigenvalue weighted by atomic mass is 79.9. The van der Waals surface area contributed by atoms with Gasteiger partial charge in [-0.15, -0.1) is 0 Å². The number of halogens is 1. The van der Waals surface area contributed by atoms with Gasteiger partial charge in [-0.3, -0.25) is 4.79 Å². The van der Waals surface area contributed by atoms with Crippen molar-refractivity contribution >= 4 is 32.6 Å². The summed E-state index contributed by atoms with van der Waals surface area (Å²) in [5.74, 6) is -0.115. The first-order valence-corrected chi connectivity index (χ1v) is 6.98. The zero-order valence-corrected chi connectivity index (χ0v) is 12.3. The van der Waals surface area contributed by atoms with E-state index in [0.29, 0.717) is 25.1 Å². The minimum Gasteiger partial charge on any atom is -0.352 e. The lowest BCUT2D eigenvalue weighted by molar-refractivity contribution is 0.0953. The normalized spacial score (nSPS) is 10.1. The second-order valence-electron chi connectivity index (χ2n) is 4.27. The van der Waals surface area contributed by atoms with Crippen LogP contribution in [0.1, 0.15) is 16.8 Å². The molecule has 0 unspecified atom stereocenters. The Morgan fingerprint density at radius 2 is 2.00 bits per heavy atom. The molecule has 2 rings (SSSR count). The predicted octanol–water partition coefficient (Wildman–Crippen LogP) is 4.03. The van der Waals surface area contributed by atoms with Crippen molar-refractivity contribution < 1.29 is 4.79 Å². The van der Waals surface area contributed by atoms with Gasteiger partial charge >= 0.3 is 0 Å². The molecule has 0 aliphatic heterocycles. The highest BCUT2D eigenvalue weighted by Crippen LogP contribution is 2.20. The second-order valence-corrected chi connectivity index (χ2v) is 5.19. The Labute approximate surface area is 124 Å². The van der Waals surface area contributed by atoms with Gasteiger partial charge < -0.3 is 5.32 Å². The summed E-state index contributed by atoms with van der Waals surface area (Å²) in [7, 11) is 0.